The second-order valence-corrected chi connectivity index (χ2v) is 5.31. The second kappa shape index (κ2) is 5.65. The van der Waals surface area contributed by atoms with Crippen molar-refractivity contribution in [2.45, 2.75) is 32.6 Å². The highest BCUT2D eigenvalue weighted by atomic mass is 16.5. The van der Waals surface area contributed by atoms with E-state index in [1.807, 2.05) is 12.1 Å². The lowest BCUT2D eigenvalue weighted by atomic mass is 9.79. The minimum absolute atomic E-state index is 0.351. The smallest absolute Gasteiger partial charge is 0.323 e. The molecule has 20 heavy (non-hydrogen) atoms. The highest BCUT2D eigenvalue weighted by Gasteiger charge is 2.49. The minimum atomic E-state index is -1.21. The molecule has 0 saturated heterocycles. The van der Waals surface area contributed by atoms with Crippen LogP contribution in [0.2, 0.25) is 0 Å². The van der Waals surface area contributed by atoms with E-state index < -0.39 is 17.4 Å². The Morgan fingerprint density at radius 3 is 2.40 bits per heavy atom. The maximum atomic E-state index is 12.2. The number of rotatable bonds is 2. The van der Waals surface area contributed by atoms with Crippen LogP contribution in [0.5, 0.6) is 0 Å². The van der Waals surface area contributed by atoms with Gasteiger partial charge in [-0.15, -0.1) is 0 Å². The Bertz CT molecular complexity index is 517. The first kappa shape index (κ1) is 14.6. The zero-order valence-corrected chi connectivity index (χ0v) is 12.2. The highest BCUT2D eigenvalue weighted by Crippen LogP contribution is 2.37. The van der Waals surface area contributed by atoms with Crippen molar-refractivity contribution in [3.8, 4) is 0 Å². The fourth-order valence-electron chi connectivity index (χ4n) is 3.09. The van der Waals surface area contributed by atoms with Gasteiger partial charge in [-0.05, 0) is 49.3 Å². The number of hydrogen-bond acceptors (Lipinski definition) is 4. The van der Waals surface area contributed by atoms with Crippen molar-refractivity contribution < 1.29 is 19.1 Å². The van der Waals surface area contributed by atoms with E-state index in [-0.39, 0.29) is 0 Å². The van der Waals surface area contributed by atoms with Crippen LogP contribution in [0.15, 0.2) is 18.2 Å². The van der Waals surface area contributed by atoms with E-state index in [9.17, 15) is 9.59 Å². The van der Waals surface area contributed by atoms with Crippen molar-refractivity contribution in [2.75, 3.05) is 14.2 Å². The lowest BCUT2D eigenvalue weighted by molar-refractivity contribution is -0.169. The van der Waals surface area contributed by atoms with Crippen molar-refractivity contribution in [3.05, 3.63) is 34.9 Å². The summed E-state index contributed by atoms with van der Waals surface area (Å²) in [5, 5.41) is 0. The Morgan fingerprint density at radius 1 is 1.15 bits per heavy atom. The number of benzene rings is 1. The molecule has 0 amide bonds. The number of fused-ring (bicyclic) bond motifs is 1. The van der Waals surface area contributed by atoms with Gasteiger partial charge in [0.1, 0.15) is 0 Å². The Kier molecular flexibility index (Phi) is 4.12. The molecule has 4 heteroatoms. The molecule has 0 heterocycles. The second-order valence-electron chi connectivity index (χ2n) is 5.31. The average Bonchev–Trinajstić information content (AvgIpc) is 2.66. The van der Waals surface area contributed by atoms with E-state index in [1.54, 1.807) is 0 Å². The van der Waals surface area contributed by atoms with Crippen LogP contribution in [0.25, 0.3) is 0 Å². The van der Waals surface area contributed by atoms with Crippen LogP contribution in [0.3, 0.4) is 0 Å². The normalized spacial score (nSPS) is 16.8. The number of hydrogen-bond donors (Lipinski definition) is 0. The molecule has 0 bridgehead atoms. The number of carbonyl (C=O) groups is 2. The van der Waals surface area contributed by atoms with Gasteiger partial charge in [-0.2, -0.15) is 0 Å². The molecule has 0 aliphatic heterocycles. The van der Waals surface area contributed by atoms with Crippen molar-refractivity contribution in [2.24, 2.45) is 5.41 Å². The summed E-state index contributed by atoms with van der Waals surface area (Å²) in [5.41, 5.74) is 2.27. The van der Waals surface area contributed by atoms with Gasteiger partial charge >= 0.3 is 11.9 Å². The lowest BCUT2D eigenvalue weighted by Gasteiger charge is -2.26. The summed E-state index contributed by atoms with van der Waals surface area (Å²) >= 11 is 0. The molecule has 4 nitrogen and oxygen atoms in total. The Morgan fingerprint density at radius 2 is 1.80 bits per heavy atom. The maximum absolute atomic E-state index is 12.2. The monoisotopic (exact) mass is 276 g/mol. The number of esters is 2. The Hall–Kier alpha value is -1.84. The van der Waals surface area contributed by atoms with Crippen LogP contribution in [-0.4, -0.2) is 26.2 Å². The van der Waals surface area contributed by atoms with E-state index in [2.05, 4.69) is 13.0 Å². The first-order valence-corrected chi connectivity index (χ1v) is 6.79. The van der Waals surface area contributed by atoms with Gasteiger partial charge in [0.05, 0.1) is 14.2 Å². The molecule has 1 aromatic carbocycles. The fraction of sp³-hybridized carbons (Fsp3) is 0.500. The van der Waals surface area contributed by atoms with Gasteiger partial charge in [-0.25, -0.2) is 0 Å². The molecule has 0 aromatic heterocycles. The third kappa shape index (κ3) is 2.30. The first-order valence-electron chi connectivity index (χ1n) is 6.79. The van der Waals surface area contributed by atoms with Gasteiger partial charge in [0, 0.05) is 0 Å². The number of ether oxygens (including phenoxy) is 2. The number of carbonyl (C=O) groups excluding carboxylic acids is 2. The maximum Gasteiger partial charge on any atom is 0.323 e. The quantitative estimate of drug-likeness (QED) is 0.472. The van der Waals surface area contributed by atoms with Crippen LogP contribution in [-0.2, 0) is 31.9 Å². The molecule has 108 valence electrons. The van der Waals surface area contributed by atoms with Gasteiger partial charge in [0.15, 0.2) is 5.41 Å². The standard InChI is InChI=1S/C16H20O4/c1-11-6-4-7-12-10-16(14(17)19-2,15(18)20-3)9-5-8-13(11)12/h4,6-7H,5,8-10H2,1-3H3. The van der Waals surface area contributed by atoms with Gasteiger partial charge in [0.25, 0.3) is 0 Å². The summed E-state index contributed by atoms with van der Waals surface area (Å²) in [6.07, 6.45) is 2.45. The molecule has 1 aliphatic carbocycles. The summed E-state index contributed by atoms with van der Waals surface area (Å²) in [7, 11) is 2.63. The van der Waals surface area contributed by atoms with E-state index in [0.29, 0.717) is 12.8 Å². The zero-order chi connectivity index (χ0) is 14.8. The minimum Gasteiger partial charge on any atom is -0.468 e. The fourth-order valence-corrected chi connectivity index (χ4v) is 3.09. The van der Waals surface area contributed by atoms with E-state index in [4.69, 9.17) is 9.47 Å². The van der Waals surface area contributed by atoms with Gasteiger partial charge in [0.2, 0.25) is 0 Å². The average molecular weight is 276 g/mol. The van der Waals surface area contributed by atoms with Crippen LogP contribution in [0.1, 0.15) is 29.5 Å². The molecule has 1 aromatic rings. The van der Waals surface area contributed by atoms with Crippen molar-refractivity contribution in [1.82, 2.24) is 0 Å². The number of methoxy groups -OCH3 is 2. The molecule has 1 aliphatic rings. The van der Waals surface area contributed by atoms with Gasteiger partial charge < -0.3 is 9.47 Å². The third-order valence-electron chi connectivity index (χ3n) is 4.18. The molecule has 2 rings (SSSR count). The zero-order valence-electron chi connectivity index (χ0n) is 12.2. The first-order chi connectivity index (χ1) is 9.55. The van der Waals surface area contributed by atoms with E-state index in [1.165, 1.54) is 25.3 Å². The predicted octanol–water partition coefficient (Wildman–Crippen LogP) is 2.21. The lowest BCUT2D eigenvalue weighted by Crippen LogP contribution is -2.42. The van der Waals surface area contributed by atoms with E-state index >= 15 is 0 Å². The summed E-state index contributed by atoms with van der Waals surface area (Å²) in [6.45, 7) is 2.06. The molecule has 0 atom stereocenters. The summed E-state index contributed by atoms with van der Waals surface area (Å²) in [4.78, 5) is 24.4. The predicted molar refractivity (Wildman–Crippen MR) is 74.3 cm³/mol. The van der Waals surface area contributed by atoms with Crippen LogP contribution in [0, 0.1) is 12.3 Å². The molecule has 0 saturated carbocycles. The van der Waals surface area contributed by atoms with Crippen molar-refractivity contribution in [1.29, 1.82) is 0 Å². The van der Waals surface area contributed by atoms with Crippen LogP contribution in [0.4, 0.5) is 0 Å². The van der Waals surface area contributed by atoms with Crippen molar-refractivity contribution >= 4 is 11.9 Å². The Balaban J connectivity index is 2.50. The van der Waals surface area contributed by atoms with Crippen LogP contribution < -0.4 is 0 Å². The topological polar surface area (TPSA) is 52.6 Å². The SMILES string of the molecule is COC(=O)C1(C(=O)OC)CCCc2c(C)cccc2C1. The van der Waals surface area contributed by atoms with Crippen LogP contribution >= 0.6 is 0 Å². The number of aryl methyl sites for hydroxylation is 1. The molecular weight excluding hydrogens is 256 g/mol. The highest BCUT2D eigenvalue weighted by molar-refractivity contribution is 6.00. The largest absolute Gasteiger partial charge is 0.468 e. The van der Waals surface area contributed by atoms with Crippen molar-refractivity contribution in [3.63, 3.8) is 0 Å². The van der Waals surface area contributed by atoms with E-state index in [0.717, 1.165) is 18.4 Å². The van der Waals surface area contributed by atoms with Gasteiger partial charge in [-0.3, -0.25) is 9.59 Å². The van der Waals surface area contributed by atoms with Gasteiger partial charge in [-0.1, -0.05) is 18.2 Å². The molecule has 0 N–H and O–H groups in total. The summed E-state index contributed by atoms with van der Waals surface area (Å²) < 4.78 is 9.75. The molecule has 0 unspecified atom stereocenters. The summed E-state index contributed by atoms with van der Waals surface area (Å²) in [6, 6.07) is 6.00. The molecule has 0 radical (unpaired) electrons. The molecule has 0 fully saturated rings. The summed E-state index contributed by atoms with van der Waals surface area (Å²) in [5.74, 6) is -1.00. The Labute approximate surface area is 119 Å². The molecule has 0 spiro atoms. The molecular formula is C16H20O4. The third-order valence-corrected chi connectivity index (χ3v) is 4.18.